The number of nitrogens with two attached hydrogens (primary N) is 1. The number of thiazole rings is 1. The van der Waals surface area contributed by atoms with Gasteiger partial charge >= 0.3 is 5.97 Å². The SMILES string of the molecule is C=CCON=C(C(=O)N[C@H]1C(=O)N2[C@@H]1SC(C)(C)[C@@H]2C(=O)O)c1csc(N)n1. The third-order valence-corrected chi connectivity index (χ3v) is 6.53. The Morgan fingerprint density at radius 2 is 2.29 bits per heavy atom. The predicted molar refractivity (Wildman–Crippen MR) is 105 cm³/mol. The molecule has 12 heteroatoms. The van der Waals surface area contributed by atoms with Crippen molar-refractivity contribution in [3.63, 3.8) is 0 Å². The summed E-state index contributed by atoms with van der Waals surface area (Å²) in [6.45, 7) is 7.10. The van der Waals surface area contributed by atoms with Crippen LogP contribution in [0.3, 0.4) is 0 Å². The first-order valence-electron chi connectivity index (χ1n) is 8.23. The molecule has 3 heterocycles. The number of carboxylic acids is 1. The van der Waals surface area contributed by atoms with Gasteiger partial charge in [0.25, 0.3) is 5.91 Å². The van der Waals surface area contributed by atoms with E-state index in [0.717, 1.165) is 11.3 Å². The number of aliphatic carboxylic acids is 1. The number of oxime groups is 1. The van der Waals surface area contributed by atoms with E-state index in [-0.39, 0.29) is 23.1 Å². The lowest BCUT2D eigenvalue weighted by molar-refractivity contribution is -0.160. The Kier molecular flexibility index (Phi) is 5.35. The molecule has 2 saturated heterocycles. The number of nitrogens with one attached hydrogen (secondary N) is 1. The highest BCUT2D eigenvalue weighted by molar-refractivity contribution is 8.01. The highest BCUT2D eigenvalue weighted by Gasteiger charge is 2.64. The fourth-order valence-electron chi connectivity index (χ4n) is 3.11. The van der Waals surface area contributed by atoms with Crippen molar-refractivity contribution in [2.24, 2.45) is 5.16 Å². The molecule has 1 aromatic rings. The van der Waals surface area contributed by atoms with Gasteiger partial charge in [-0.2, -0.15) is 0 Å². The van der Waals surface area contributed by atoms with E-state index in [1.54, 1.807) is 19.2 Å². The second-order valence-electron chi connectivity index (χ2n) is 6.64. The third kappa shape index (κ3) is 3.44. The Morgan fingerprint density at radius 1 is 1.57 bits per heavy atom. The number of nitrogens with zero attached hydrogens (tertiary/aromatic N) is 3. The van der Waals surface area contributed by atoms with Gasteiger partial charge in [-0.1, -0.05) is 17.8 Å². The van der Waals surface area contributed by atoms with Crippen LogP contribution in [0.15, 0.2) is 23.2 Å². The summed E-state index contributed by atoms with van der Waals surface area (Å²) in [4.78, 5) is 47.2. The fraction of sp³-hybridized carbons (Fsp3) is 0.438. The molecule has 2 aliphatic heterocycles. The van der Waals surface area contributed by atoms with Crippen molar-refractivity contribution in [1.82, 2.24) is 15.2 Å². The number of fused-ring (bicyclic) bond motifs is 1. The van der Waals surface area contributed by atoms with Crippen molar-refractivity contribution in [3.8, 4) is 0 Å². The molecule has 2 fully saturated rings. The number of amides is 2. The normalized spacial score (nSPS) is 25.6. The number of nitrogen functional groups attached to an aromatic ring is 1. The highest BCUT2D eigenvalue weighted by atomic mass is 32.2. The number of hydrogen-bond donors (Lipinski definition) is 3. The number of rotatable bonds is 7. The lowest BCUT2D eigenvalue weighted by Crippen LogP contribution is -2.71. The summed E-state index contributed by atoms with van der Waals surface area (Å²) in [5.41, 5.74) is 5.71. The molecule has 1 aromatic heterocycles. The van der Waals surface area contributed by atoms with E-state index < -0.39 is 40.0 Å². The summed E-state index contributed by atoms with van der Waals surface area (Å²) in [5.74, 6) is -2.19. The average molecular weight is 425 g/mol. The van der Waals surface area contributed by atoms with Gasteiger partial charge in [-0.05, 0) is 13.8 Å². The van der Waals surface area contributed by atoms with Crippen LogP contribution in [-0.2, 0) is 19.2 Å². The van der Waals surface area contributed by atoms with Crippen molar-refractivity contribution in [3.05, 3.63) is 23.7 Å². The summed E-state index contributed by atoms with van der Waals surface area (Å²) in [7, 11) is 0. The zero-order valence-corrected chi connectivity index (χ0v) is 16.7. The topological polar surface area (TPSA) is 147 Å². The summed E-state index contributed by atoms with van der Waals surface area (Å²) < 4.78 is -0.682. The van der Waals surface area contributed by atoms with Gasteiger partial charge in [-0.25, -0.2) is 9.78 Å². The Hall–Kier alpha value is -2.60. The van der Waals surface area contributed by atoms with Crippen molar-refractivity contribution in [1.29, 1.82) is 0 Å². The smallest absolute Gasteiger partial charge is 0.327 e. The third-order valence-electron chi connectivity index (χ3n) is 4.29. The average Bonchev–Trinajstić information content (AvgIpc) is 3.15. The molecule has 3 rings (SSSR count). The number of carboxylic acid groups (broad SMARTS) is 1. The molecule has 28 heavy (non-hydrogen) atoms. The van der Waals surface area contributed by atoms with Crippen LogP contribution in [0, 0.1) is 0 Å². The fourth-order valence-corrected chi connectivity index (χ4v) is 5.28. The molecule has 0 spiro atoms. The highest BCUT2D eigenvalue weighted by Crippen LogP contribution is 2.50. The number of anilines is 1. The van der Waals surface area contributed by atoms with Crippen LogP contribution < -0.4 is 11.1 Å². The summed E-state index contributed by atoms with van der Waals surface area (Å²) >= 11 is 2.47. The van der Waals surface area contributed by atoms with Crippen molar-refractivity contribution in [2.45, 2.75) is 36.1 Å². The van der Waals surface area contributed by atoms with E-state index in [9.17, 15) is 19.5 Å². The van der Waals surface area contributed by atoms with Gasteiger partial charge in [0.05, 0.1) is 0 Å². The molecule has 150 valence electrons. The maximum Gasteiger partial charge on any atom is 0.327 e. The Balaban J connectivity index is 1.78. The molecule has 0 saturated carbocycles. The Morgan fingerprint density at radius 3 is 2.86 bits per heavy atom. The van der Waals surface area contributed by atoms with Crippen LogP contribution in [0.4, 0.5) is 5.13 Å². The summed E-state index contributed by atoms with van der Waals surface area (Å²) in [5, 5.41) is 17.2. The molecule has 10 nitrogen and oxygen atoms in total. The van der Waals surface area contributed by atoms with Crippen molar-refractivity contribution in [2.75, 3.05) is 12.3 Å². The maximum absolute atomic E-state index is 12.7. The zero-order chi connectivity index (χ0) is 20.6. The molecule has 0 aromatic carbocycles. The molecular weight excluding hydrogens is 406 g/mol. The molecule has 0 unspecified atom stereocenters. The Labute approximate surface area is 168 Å². The number of hydrogen-bond acceptors (Lipinski definition) is 9. The van der Waals surface area contributed by atoms with Crippen LogP contribution in [-0.4, -0.2) is 67.3 Å². The lowest BCUT2D eigenvalue weighted by Gasteiger charge is -2.43. The van der Waals surface area contributed by atoms with Gasteiger partial charge in [0.2, 0.25) is 5.91 Å². The molecule has 3 atom stereocenters. The first-order chi connectivity index (χ1) is 13.2. The summed E-state index contributed by atoms with van der Waals surface area (Å²) in [6, 6.07) is -1.81. The summed E-state index contributed by atoms with van der Waals surface area (Å²) in [6.07, 6.45) is 1.46. The number of carbonyl (C=O) groups excluding carboxylic acids is 2. The van der Waals surface area contributed by atoms with E-state index in [1.807, 2.05) is 0 Å². The van der Waals surface area contributed by atoms with Gasteiger partial charge in [0.1, 0.15) is 29.8 Å². The molecule has 4 N–H and O–H groups in total. The van der Waals surface area contributed by atoms with Gasteiger partial charge < -0.3 is 25.9 Å². The van der Waals surface area contributed by atoms with Gasteiger partial charge in [0.15, 0.2) is 10.8 Å². The van der Waals surface area contributed by atoms with Crippen LogP contribution in [0.2, 0.25) is 0 Å². The van der Waals surface area contributed by atoms with Crippen molar-refractivity contribution < 1.29 is 24.3 Å². The monoisotopic (exact) mass is 425 g/mol. The minimum absolute atomic E-state index is 0.0828. The molecular formula is C16H19N5O5S2. The number of β-lactam (4-membered cyclic amide) rings is 1. The van der Waals surface area contributed by atoms with Crippen molar-refractivity contribution >= 4 is 51.7 Å². The molecule has 0 bridgehead atoms. The number of thioether (sulfide) groups is 1. The minimum Gasteiger partial charge on any atom is -0.480 e. The molecule has 0 radical (unpaired) electrons. The number of carbonyl (C=O) groups is 3. The standard InChI is InChI=1S/C16H19N5O5S2/c1-4-5-26-20-8(7-6-27-15(17)18-7)11(22)19-9-12(23)21-10(14(24)25)16(2,3)28-13(9)21/h4,6,9-10,13H,1,5H2,2-3H3,(H2,17,18)(H,19,22)(H,24,25)/t9-,10-,13+/m0/s1. The van der Waals surface area contributed by atoms with E-state index in [0.29, 0.717) is 0 Å². The Bertz CT molecular complexity index is 867. The molecule has 2 amide bonds. The van der Waals surface area contributed by atoms with Crippen LogP contribution in [0.1, 0.15) is 19.5 Å². The minimum atomic E-state index is -1.07. The first-order valence-corrected chi connectivity index (χ1v) is 9.99. The van der Waals surface area contributed by atoms with E-state index in [2.05, 4.69) is 22.0 Å². The second kappa shape index (κ2) is 7.43. The molecule has 2 aliphatic rings. The van der Waals surface area contributed by atoms with E-state index in [4.69, 9.17) is 10.6 Å². The lowest BCUT2D eigenvalue weighted by atomic mass is 9.96. The molecule has 0 aliphatic carbocycles. The maximum atomic E-state index is 12.7. The number of aromatic nitrogens is 1. The first kappa shape index (κ1) is 20.1. The second-order valence-corrected chi connectivity index (χ2v) is 9.31. The quantitative estimate of drug-likeness (QED) is 0.185. The van der Waals surface area contributed by atoms with Crippen LogP contribution in [0.5, 0.6) is 0 Å². The zero-order valence-electron chi connectivity index (χ0n) is 15.1. The van der Waals surface area contributed by atoms with Gasteiger partial charge in [-0.3, -0.25) is 9.59 Å². The van der Waals surface area contributed by atoms with Gasteiger partial charge in [-0.15, -0.1) is 23.1 Å². The van der Waals surface area contributed by atoms with E-state index in [1.165, 1.54) is 22.7 Å². The van der Waals surface area contributed by atoms with Gasteiger partial charge in [0, 0.05) is 10.1 Å². The van der Waals surface area contributed by atoms with Crippen LogP contribution in [0.25, 0.3) is 0 Å². The largest absolute Gasteiger partial charge is 0.480 e. The predicted octanol–water partition coefficient (Wildman–Crippen LogP) is 0.264. The van der Waals surface area contributed by atoms with Crippen LogP contribution >= 0.6 is 23.1 Å². The van der Waals surface area contributed by atoms with E-state index >= 15 is 0 Å².